The summed E-state index contributed by atoms with van der Waals surface area (Å²) in [5, 5.41) is 3.27. The smallest absolute Gasteiger partial charge is 0.326 e. The normalized spacial score (nSPS) is 16.7. The van der Waals surface area contributed by atoms with Crippen LogP contribution in [0.3, 0.4) is 0 Å². The van der Waals surface area contributed by atoms with E-state index in [0.29, 0.717) is 31.4 Å². The van der Waals surface area contributed by atoms with Gasteiger partial charge in [0.1, 0.15) is 18.2 Å². The number of benzene rings is 2. The number of para-hydroxylation sites is 1. The number of amides is 1. The third-order valence-electron chi connectivity index (χ3n) is 5.79. The molecule has 2 aromatic carbocycles. The van der Waals surface area contributed by atoms with E-state index in [-0.39, 0.29) is 25.0 Å². The Labute approximate surface area is 207 Å². The predicted octanol–water partition coefficient (Wildman–Crippen LogP) is 3.83. The molecule has 188 valence electrons. The molecule has 3 rings (SSSR count). The van der Waals surface area contributed by atoms with Crippen LogP contribution in [0.15, 0.2) is 54.6 Å². The van der Waals surface area contributed by atoms with Gasteiger partial charge in [-0.25, -0.2) is 0 Å². The highest BCUT2D eigenvalue weighted by Crippen LogP contribution is 2.27. The van der Waals surface area contributed by atoms with Gasteiger partial charge in [-0.1, -0.05) is 48.5 Å². The van der Waals surface area contributed by atoms with Crippen LogP contribution < -0.4 is 10.2 Å². The van der Waals surface area contributed by atoms with E-state index in [0.717, 1.165) is 11.1 Å². The van der Waals surface area contributed by atoms with E-state index < -0.39 is 23.7 Å². The average Bonchev–Trinajstić information content (AvgIpc) is 2.93. The first-order chi connectivity index (χ1) is 16.7. The molecular weight excluding hydrogens is 444 g/mol. The Bertz CT molecular complexity index is 1020. The maximum Gasteiger partial charge on any atom is 0.326 e. The minimum atomic E-state index is -0.657. The Morgan fingerprint density at radius 3 is 2.46 bits per heavy atom. The Hall–Kier alpha value is -3.19. The van der Waals surface area contributed by atoms with Crippen LogP contribution in [0.1, 0.15) is 51.7 Å². The Morgan fingerprint density at radius 1 is 1.09 bits per heavy atom. The van der Waals surface area contributed by atoms with Gasteiger partial charge in [-0.2, -0.15) is 0 Å². The highest BCUT2D eigenvalue weighted by atomic mass is 16.6. The fourth-order valence-corrected chi connectivity index (χ4v) is 4.25. The summed E-state index contributed by atoms with van der Waals surface area (Å²) < 4.78 is 10.8. The zero-order valence-corrected chi connectivity index (χ0v) is 21.1. The van der Waals surface area contributed by atoms with E-state index >= 15 is 0 Å². The lowest BCUT2D eigenvalue weighted by Gasteiger charge is -2.29. The first-order valence-corrected chi connectivity index (χ1v) is 12.3. The molecular formula is C28H36N2O5. The molecule has 0 bridgehead atoms. The Morgan fingerprint density at radius 2 is 1.77 bits per heavy atom. The molecule has 2 atom stereocenters. The standard InChI is InChI=1S/C28H36N2O5/c1-5-34-27(33)23(17-15-20-11-7-6-8-12-20)29-22-18-16-21-13-9-10-14-24(21)30(26(22)32)19-25(31)35-28(2,3)4/h6-14,22-23,29H,5,15-19H2,1-4H3/t22-,23+/m1/s1. The van der Waals surface area contributed by atoms with Gasteiger partial charge in [0.05, 0.1) is 12.6 Å². The third kappa shape index (κ3) is 7.65. The maximum absolute atomic E-state index is 13.7. The van der Waals surface area contributed by atoms with E-state index in [1.165, 1.54) is 4.90 Å². The second-order valence-electron chi connectivity index (χ2n) is 9.73. The molecule has 1 heterocycles. The summed E-state index contributed by atoms with van der Waals surface area (Å²) in [6.07, 6.45) is 2.30. The van der Waals surface area contributed by atoms with Gasteiger partial charge in [0.2, 0.25) is 5.91 Å². The molecule has 35 heavy (non-hydrogen) atoms. The molecule has 0 fully saturated rings. The number of hydrogen-bond acceptors (Lipinski definition) is 6. The number of nitrogens with one attached hydrogen (secondary N) is 1. The van der Waals surface area contributed by atoms with Gasteiger partial charge in [0, 0.05) is 5.69 Å². The van der Waals surface area contributed by atoms with Crippen molar-refractivity contribution in [2.75, 3.05) is 18.1 Å². The van der Waals surface area contributed by atoms with Crippen LogP contribution in [0, 0.1) is 0 Å². The highest BCUT2D eigenvalue weighted by molar-refractivity contribution is 6.02. The summed E-state index contributed by atoms with van der Waals surface area (Å²) in [4.78, 5) is 40.6. The van der Waals surface area contributed by atoms with Crippen LogP contribution in [-0.4, -0.2) is 48.7 Å². The number of anilines is 1. The lowest BCUT2D eigenvalue weighted by molar-refractivity contribution is -0.154. The van der Waals surface area contributed by atoms with Crippen molar-refractivity contribution in [3.05, 3.63) is 65.7 Å². The second kappa shape index (κ2) is 12.0. The number of hydrogen-bond donors (Lipinski definition) is 1. The number of carbonyl (C=O) groups is 3. The molecule has 0 radical (unpaired) electrons. The zero-order chi connectivity index (χ0) is 25.4. The highest BCUT2D eigenvalue weighted by Gasteiger charge is 2.35. The predicted molar refractivity (Wildman–Crippen MR) is 135 cm³/mol. The monoisotopic (exact) mass is 480 g/mol. The largest absolute Gasteiger partial charge is 0.465 e. The van der Waals surface area contributed by atoms with Crippen LogP contribution >= 0.6 is 0 Å². The van der Waals surface area contributed by atoms with E-state index in [2.05, 4.69) is 5.32 Å². The number of nitrogens with zero attached hydrogens (tertiary/aromatic N) is 1. The van der Waals surface area contributed by atoms with Crippen molar-refractivity contribution in [3.8, 4) is 0 Å². The van der Waals surface area contributed by atoms with Gasteiger partial charge >= 0.3 is 11.9 Å². The van der Waals surface area contributed by atoms with Crippen LogP contribution in [0.25, 0.3) is 0 Å². The molecule has 7 heteroatoms. The summed E-state index contributed by atoms with van der Waals surface area (Å²) in [5.74, 6) is -1.11. The second-order valence-corrected chi connectivity index (χ2v) is 9.73. The SMILES string of the molecule is CCOC(=O)[C@H](CCc1ccccc1)N[C@@H]1CCc2ccccc2N(CC(=O)OC(C)(C)C)C1=O. The van der Waals surface area contributed by atoms with Gasteiger partial charge in [0.25, 0.3) is 0 Å². The lowest BCUT2D eigenvalue weighted by Crippen LogP contribution is -2.53. The topological polar surface area (TPSA) is 84.9 Å². The average molecular weight is 481 g/mol. The van der Waals surface area contributed by atoms with Crippen molar-refractivity contribution in [1.29, 1.82) is 0 Å². The summed E-state index contributed by atoms with van der Waals surface area (Å²) in [6, 6.07) is 16.2. The van der Waals surface area contributed by atoms with Crippen LogP contribution in [0.2, 0.25) is 0 Å². The quantitative estimate of drug-likeness (QED) is 0.549. The molecule has 0 saturated carbocycles. The van der Waals surface area contributed by atoms with Gasteiger partial charge in [0.15, 0.2) is 0 Å². The van der Waals surface area contributed by atoms with Crippen LogP contribution in [-0.2, 0) is 36.7 Å². The molecule has 0 saturated heterocycles. The van der Waals surface area contributed by atoms with E-state index in [4.69, 9.17) is 9.47 Å². The van der Waals surface area contributed by atoms with Crippen molar-refractivity contribution in [1.82, 2.24) is 5.32 Å². The summed E-state index contributed by atoms with van der Waals surface area (Å²) >= 11 is 0. The Kier molecular flexibility index (Phi) is 9.04. The van der Waals surface area contributed by atoms with Crippen LogP contribution in [0.5, 0.6) is 0 Å². The lowest BCUT2D eigenvalue weighted by atomic mass is 10.0. The molecule has 1 amide bonds. The first-order valence-electron chi connectivity index (χ1n) is 12.3. The number of fused-ring (bicyclic) bond motifs is 1. The van der Waals surface area contributed by atoms with Crippen molar-refractivity contribution in [2.24, 2.45) is 0 Å². The van der Waals surface area contributed by atoms with E-state index in [1.807, 2.05) is 54.6 Å². The number of ether oxygens (including phenoxy) is 2. The zero-order valence-electron chi connectivity index (χ0n) is 21.1. The maximum atomic E-state index is 13.7. The molecule has 0 aliphatic carbocycles. The molecule has 0 spiro atoms. The third-order valence-corrected chi connectivity index (χ3v) is 5.79. The molecule has 2 aromatic rings. The molecule has 0 aromatic heterocycles. The van der Waals surface area contributed by atoms with Crippen LogP contribution in [0.4, 0.5) is 5.69 Å². The van der Waals surface area contributed by atoms with Crippen molar-refractivity contribution in [2.45, 2.75) is 71.1 Å². The number of carbonyl (C=O) groups excluding carboxylic acids is 3. The molecule has 7 nitrogen and oxygen atoms in total. The van der Waals surface area contributed by atoms with Gasteiger partial charge in [-0.3, -0.25) is 24.6 Å². The molecule has 1 aliphatic rings. The van der Waals surface area contributed by atoms with E-state index in [1.54, 1.807) is 27.7 Å². The fraction of sp³-hybridized carbons (Fsp3) is 0.464. The molecule has 1 N–H and O–H groups in total. The Balaban J connectivity index is 1.81. The van der Waals surface area contributed by atoms with Crippen molar-refractivity contribution < 1.29 is 23.9 Å². The number of aryl methyl sites for hydroxylation is 2. The molecule has 1 aliphatic heterocycles. The minimum Gasteiger partial charge on any atom is -0.465 e. The van der Waals surface area contributed by atoms with Crippen molar-refractivity contribution in [3.63, 3.8) is 0 Å². The van der Waals surface area contributed by atoms with Gasteiger partial charge in [-0.15, -0.1) is 0 Å². The van der Waals surface area contributed by atoms with Gasteiger partial charge in [-0.05, 0) is 70.6 Å². The summed E-state index contributed by atoms with van der Waals surface area (Å²) in [5.41, 5.74) is 2.13. The van der Waals surface area contributed by atoms with E-state index in [9.17, 15) is 14.4 Å². The fourth-order valence-electron chi connectivity index (χ4n) is 4.25. The van der Waals surface area contributed by atoms with Gasteiger partial charge < -0.3 is 9.47 Å². The number of esters is 2. The number of rotatable bonds is 9. The summed E-state index contributed by atoms with van der Waals surface area (Å²) in [6.45, 7) is 7.22. The first kappa shape index (κ1) is 26.4. The minimum absolute atomic E-state index is 0.195. The molecule has 0 unspecified atom stereocenters. The summed E-state index contributed by atoms with van der Waals surface area (Å²) in [7, 11) is 0. The van der Waals surface area contributed by atoms with Crippen molar-refractivity contribution >= 4 is 23.5 Å².